The Morgan fingerprint density at radius 1 is 1.39 bits per heavy atom. The third kappa shape index (κ3) is 4.41. The van der Waals surface area contributed by atoms with Crippen LogP contribution in [0.15, 0.2) is 18.2 Å². The lowest BCUT2D eigenvalue weighted by atomic mass is 10.1. The SMILES string of the molecule is N#Cc1ccc(CNC(=O)CC(F)(F)F)c(F)c1. The van der Waals surface area contributed by atoms with Gasteiger partial charge in [0.25, 0.3) is 0 Å². The van der Waals surface area contributed by atoms with Gasteiger partial charge in [-0.05, 0) is 12.1 Å². The zero-order valence-electron chi connectivity index (χ0n) is 9.01. The molecule has 0 unspecified atom stereocenters. The summed E-state index contributed by atoms with van der Waals surface area (Å²) >= 11 is 0. The molecule has 0 saturated heterocycles. The maximum atomic E-state index is 13.3. The number of alkyl halides is 3. The second-order valence-electron chi connectivity index (χ2n) is 3.49. The number of carbonyl (C=O) groups is 1. The number of nitrogens with zero attached hydrogens (tertiary/aromatic N) is 1. The first-order valence-electron chi connectivity index (χ1n) is 4.84. The van der Waals surface area contributed by atoms with Crippen molar-refractivity contribution in [3.8, 4) is 6.07 Å². The number of rotatable bonds is 3. The highest BCUT2D eigenvalue weighted by Gasteiger charge is 2.30. The largest absolute Gasteiger partial charge is 0.397 e. The first-order valence-corrected chi connectivity index (χ1v) is 4.84. The molecule has 0 bridgehead atoms. The van der Waals surface area contributed by atoms with E-state index < -0.39 is 24.3 Å². The van der Waals surface area contributed by atoms with Gasteiger partial charge in [-0.1, -0.05) is 6.07 Å². The van der Waals surface area contributed by atoms with Crippen LogP contribution in [0.25, 0.3) is 0 Å². The monoisotopic (exact) mass is 260 g/mol. The Morgan fingerprint density at radius 3 is 2.56 bits per heavy atom. The summed E-state index contributed by atoms with van der Waals surface area (Å²) in [4.78, 5) is 10.9. The van der Waals surface area contributed by atoms with Gasteiger partial charge < -0.3 is 5.32 Å². The quantitative estimate of drug-likeness (QED) is 0.847. The van der Waals surface area contributed by atoms with Crippen LogP contribution >= 0.6 is 0 Å². The van der Waals surface area contributed by atoms with Crippen LogP contribution in [0.3, 0.4) is 0 Å². The van der Waals surface area contributed by atoms with Crippen molar-refractivity contribution in [3.63, 3.8) is 0 Å². The number of carbonyl (C=O) groups excluding carboxylic acids is 1. The van der Waals surface area contributed by atoms with Crippen molar-refractivity contribution in [1.29, 1.82) is 5.26 Å². The minimum absolute atomic E-state index is 0.0181. The number of hydrogen-bond donors (Lipinski definition) is 1. The van der Waals surface area contributed by atoms with Gasteiger partial charge >= 0.3 is 6.18 Å². The number of amides is 1. The first-order chi connectivity index (χ1) is 8.31. The lowest BCUT2D eigenvalue weighted by Crippen LogP contribution is -2.28. The third-order valence-electron chi connectivity index (χ3n) is 2.02. The van der Waals surface area contributed by atoms with E-state index in [1.54, 1.807) is 6.07 Å². The van der Waals surface area contributed by atoms with E-state index in [0.717, 1.165) is 6.07 Å². The number of halogens is 4. The van der Waals surface area contributed by atoms with Gasteiger partial charge in [-0.15, -0.1) is 0 Å². The standard InChI is InChI=1S/C11H8F4N2O/c12-9-3-7(5-16)1-2-8(9)6-17-10(18)4-11(13,14)15/h1-3H,4,6H2,(H,17,18). The Kier molecular flexibility index (Phi) is 4.26. The van der Waals surface area contributed by atoms with Crippen LogP contribution in [0.4, 0.5) is 17.6 Å². The summed E-state index contributed by atoms with van der Waals surface area (Å²) in [6.45, 7) is -0.355. The maximum absolute atomic E-state index is 13.3. The molecule has 7 heteroatoms. The Hall–Kier alpha value is -2.10. The molecular formula is C11H8F4N2O. The van der Waals surface area contributed by atoms with Crippen LogP contribution in [0, 0.1) is 17.1 Å². The smallest absolute Gasteiger partial charge is 0.352 e. The molecule has 1 amide bonds. The van der Waals surface area contributed by atoms with E-state index in [1.165, 1.54) is 12.1 Å². The number of hydrogen-bond acceptors (Lipinski definition) is 2. The zero-order chi connectivity index (χ0) is 13.8. The Morgan fingerprint density at radius 2 is 2.06 bits per heavy atom. The average molecular weight is 260 g/mol. The molecule has 1 rings (SSSR count). The van der Waals surface area contributed by atoms with Crippen LogP contribution in [0.5, 0.6) is 0 Å². The summed E-state index contributed by atoms with van der Waals surface area (Å²) in [5.74, 6) is -1.98. The lowest BCUT2D eigenvalue weighted by Gasteiger charge is -2.08. The molecule has 0 aromatic heterocycles. The molecule has 0 aliphatic heterocycles. The number of nitriles is 1. The molecule has 1 aromatic rings. The van der Waals surface area contributed by atoms with Gasteiger partial charge in [-0.25, -0.2) is 4.39 Å². The summed E-state index contributed by atoms with van der Waals surface area (Å²) in [7, 11) is 0. The third-order valence-corrected chi connectivity index (χ3v) is 2.02. The van der Waals surface area contributed by atoms with E-state index >= 15 is 0 Å². The van der Waals surface area contributed by atoms with Crippen LogP contribution in [-0.4, -0.2) is 12.1 Å². The van der Waals surface area contributed by atoms with Crippen molar-refractivity contribution >= 4 is 5.91 Å². The second-order valence-corrected chi connectivity index (χ2v) is 3.49. The molecule has 0 radical (unpaired) electrons. The molecule has 0 heterocycles. The Labute approximate surface area is 100 Å². The molecule has 1 N–H and O–H groups in total. The zero-order valence-corrected chi connectivity index (χ0v) is 9.01. The van der Waals surface area contributed by atoms with E-state index in [1.807, 2.05) is 5.32 Å². The first kappa shape index (κ1) is 14.0. The fourth-order valence-electron chi connectivity index (χ4n) is 1.20. The fraction of sp³-hybridized carbons (Fsp3) is 0.273. The van der Waals surface area contributed by atoms with Gasteiger partial charge in [0.15, 0.2) is 0 Å². The van der Waals surface area contributed by atoms with E-state index in [0.29, 0.717) is 0 Å². The summed E-state index contributed by atoms with van der Waals surface area (Å²) in [5.41, 5.74) is 0.113. The van der Waals surface area contributed by atoms with Crippen molar-refractivity contribution < 1.29 is 22.4 Å². The Bertz CT molecular complexity index is 491. The van der Waals surface area contributed by atoms with Crippen LogP contribution < -0.4 is 5.32 Å². The highest BCUT2D eigenvalue weighted by Crippen LogP contribution is 2.19. The van der Waals surface area contributed by atoms with E-state index in [9.17, 15) is 22.4 Å². The number of benzene rings is 1. The summed E-state index contributed by atoms with van der Waals surface area (Å²) in [6, 6.07) is 5.22. The van der Waals surface area contributed by atoms with E-state index in [4.69, 9.17) is 5.26 Å². The van der Waals surface area contributed by atoms with Crippen molar-refractivity contribution in [3.05, 3.63) is 35.1 Å². The molecule has 1 aromatic carbocycles. The predicted molar refractivity (Wildman–Crippen MR) is 53.6 cm³/mol. The summed E-state index contributed by atoms with van der Waals surface area (Å²) in [6.07, 6.45) is -6.20. The van der Waals surface area contributed by atoms with Gasteiger partial charge in [-0.2, -0.15) is 18.4 Å². The molecule has 0 aliphatic carbocycles. The summed E-state index contributed by atoms with van der Waals surface area (Å²) < 4.78 is 48.8. The van der Waals surface area contributed by atoms with Crippen molar-refractivity contribution in [2.24, 2.45) is 0 Å². The van der Waals surface area contributed by atoms with Crippen LogP contribution in [0.1, 0.15) is 17.5 Å². The van der Waals surface area contributed by atoms with Gasteiger partial charge in [-0.3, -0.25) is 4.79 Å². The lowest BCUT2D eigenvalue weighted by molar-refractivity contribution is -0.153. The van der Waals surface area contributed by atoms with Gasteiger partial charge in [0.1, 0.15) is 12.2 Å². The molecule has 0 fully saturated rings. The molecule has 0 aliphatic rings. The minimum atomic E-state index is -4.59. The molecule has 18 heavy (non-hydrogen) atoms. The topological polar surface area (TPSA) is 52.9 Å². The average Bonchev–Trinajstić information content (AvgIpc) is 2.25. The van der Waals surface area contributed by atoms with Gasteiger partial charge in [0.2, 0.25) is 5.91 Å². The summed E-state index contributed by atoms with van der Waals surface area (Å²) in [5, 5.41) is 10.4. The molecule has 0 atom stereocenters. The second kappa shape index (κ2) is 5.49. The van der Waals surface area contributed by atoms with Crippen LogP contribution in [-0.2, 0) is 11.3 Å². The number of nitrogens with one attached hydrogen (secondary N) is 1. The molecular weight excluding hydrogens is 252 g/mol. The van der Waals surface area contributed by atoms with E-state index in [-0.39, 0.29) is 17.7 Å². The van der Waals surface area contributed by atoms with Gasteiger partial charge in [0, 0.05) is 12.1 Å². The maximum Gasteiger partial charge on any atom is 0.397 e. The molecule has 0 saturated carbocycles. The Balaban J connectivity index is 2.59. The van der Waals surface area contributed by atoms with Crippen molar-refractivity contribution in [2.45, 2.75) is 19.1 Å². The fourth-order valence-corrected chi connectivity index (χ4v) is 1.20. The molecule has 96 valence electrons. The van der Waals surface area contributed by atoms with Crippen molar-refractivity contribution in [1.82, 2.24) is 5.32 Å². The van der Waals surface area contributed by atoms with Gasteiger partial charge in [0.05, 0.1) is 11.6 Å². The molecule has 0 spiro atoms. The van der Waals surface area contributed by atoms with Crippen LogP contribution in [0.2, 0.25) is 0 Å². The highest BCUT2D eigenvalue weighted by atomic mass is 19.4. The van der Waals surface area contributed by atoms with Crippen molar-refractivity contribution in [2.75, 3.05) is 0 Å². The normalized spacial score (nSPS) is 10.8. The minimum Gasteiger partial charge on any atom is -0.352 e. The highest BCUT2D eigenvalue weighted by molar-refractivity contribution is 5.76. The predicted octanol–water partition coefficient (Wildman–Crippen LogP) is 2.27. The van der Waals surface area contributed by atoms with E-state index in [2.05, 4.69) is 0 Å². The molecule has 3 nitrogen and oxygen atoms in total.